The molecule has 26 heavy (non-hydrogen) atoms. The van der Waals surface area contributed by atoms with Crippen molar-refractivity contribution >= 4 is 14.0 Å². The highest BCUT2D eigenvalue weighted by Crippen LogP contribution is 2.46. The Hall–Kier alpha value is -1.13. The Balaban J connectivity index is 2.48. The van der Waals surface area contributed by atoms with Gasteiger partial charge in [-0.2, -0.15) is 0 Å². The smallest absolute Gasteiger partial charge is 0.314 e. The van der Waals surface area contributed by atoms with E-state index in [2.05, 4.69) is 72.7 Å². The van der Waals surface area contributed by atoms with E-state index in [1.54, 1.807) is 0 Å². The van der Waals surface area contributed by atoms with Crippen LogP contribution in [0, 0.1) is 11.3 Å². The van der Waals surface area contributed by atoms with Gasteiger partial charge in [-0.25, -0.2) is 0 Å². The van der Waals surface area contributed by atoms with Crippen LogP contribution in [0.2, 0.25) is 18.1 Å². The number of cyclic esters (lactones) is 1. The van der Waals surface area contributed by atoms with E-state index >= 15 is 0 Å². The molecule has 0 bridgehead atoms. The molecule has 0 saturated carbocycles. The van der Waals surface area contributed by atoms with Crippen molar-refractivity contribution in [2.75, 3.05) is 0 Å². The normalized spacial score (nSPS) is 25.7. The van der Waals surface area contributed by atoms with E-state index in [9.17, 15) is 4.79 Å². The zero-order chi connectivity index (χ0) is 19.5. The van der Waals surface area contributed by atoms with E-state index in [1.165, 1.54) is 23.7 Å². The first-order valence-electron chi connectivity index (χ1n) is 10.1. The highest BCUT2D eigenvalue weighted by atomic mass is 28.3. The molecule has 1 aromatic carbocycles. The first-order chi connectivity index (χ1) is 12.2. The van der Waals surface area contributed by atoms with Crippen LogP contribution in [0.25, 0.3) is 0 Å². The Kier molecular flexibility index (Phi) is 6.73. The van der Waals surface area contributed by atoms with E-state index in [4.69, 9.17) is 9.47 Å². The highest BCUT2D eigenvalue weighted by molar-refractivity contribution is 6.81. The van der Waals surface area contributed by atoms with Crippen LogP contribution in [0.3, 0.4) is 0 Å². The molecule has 1 aromatic rings. The largest absolute Gasteiger partial charge is 0.435 e. The molecule has 146 valence electrons. The number of esters is 1. The van der Waals surface area contributed by atoms with Gasteiger partial charge in [0.2, 0.25) is 6.29 Å². The van der Waals surface area contributed by atoms with Crippen molar-refractivity contribution in [1.29, 1.82) is 0 Å². The molecule has 0 spiro atoms. The Morgan fingerprint density at radius 2 is 1.58 bits per heavy atom. The molecule has 4 heteroatoms. The monoisotopic (exact) mass is 376 g/mol. The molecule has 2 rings (SSSR count). The second kappa shape index (κ2) is 8.26. The summed E-state index contributed by atoms with van der Waals surface area (Å²) in [4.78, 5) is 13.2. The number of carbonyl (C=O) groups excluding carboxylic acids is 1. The number of hydrogen-bond donors (Lipinski definition) is 0. The molecule has 0 amide bonds. The van der Waals surface area contributed by atoms with Crippen molar-refractivity contribution in [3.63, 3.8) is 0 Å². The fourth-order valence-corrected chi connectivity index (χ4v) is 9.37. The van der Waals surface area contributed by atoms with Crippen molar-refractivity contribution < 1.29 is 14.3 Å². The Morgan fingerprint density at radius 1 is 1.04 bits per heavy atom. The van der Waals surface area contributed by atoms with Crippen LogP contribution in [-0.2, 0) is 14.3 Å². The third-order valence-electron chi connectivity index (χ3n) is 6.34. The van der Waals surface area contributed by atoms with Crippen LogP contribution in [0.5, 0.6) is 0 Å². The molecule has 1 aliphatic rings. The fraction of sp³-hybridized carbons (Fsp3) is 0.682. The predicted octanol–water partition coefficient (Wildman–Crippen LogP) is 5.77. The van der Waals surface area contributed by atoms with Crippen molar-refractivity contribution in [3.05, 3.63) is 35.9 Å². The molecular weight excluding hydrogens is 340 g/mol. The molecular formula is C22H36O3Si. The average Bonchev–Trinajstić information content (AvgIpc) is 2.61. The lowest BCUT2D eigenvalue weighted by molar-refractivity contribution is -0.254. The van der Waals surface area contributed by atoms with Crippen LogP contribution in [0.4, 0.5) is 0 Å². The number of hydrogen-bond acceptors (Lipinski definition) is 3. The second-order valence-corrected chi connectivity index (χ2v) is 14.3. The maximum absolute atomic E-state index is 13.2. The standard InChI is InChI=1S/C22H36O3Si/c1-8-26(9-2,10-3)19(17-14-12-11-13-15-17)18-16(4)24-21(22(5,6)7)25-20(18)23/h11-16,18-19,21H,8-10H2,1-7H3. The van der Waals surface area contributed by atoms with E-state index in [-0.39, 0.29) is 28.9 Å². The van der Waals surface area contributed by atoms with Gasteiger partial charge in [0.15, 0.2) is 0 Å². The Bertz CT molecular complexity index is 581. The molecule has 0 aromatic heterocycles. The topological polar surface area (TPSA) is 35.5 Å². The van der Waals surface area contributed by atoms with Crippen LogP contribution in [0.1, 0.15) is 59.6 Å². The molecule has 0 radical (unpaired) electrons. The summed E-state index contributed by atoms with van der Waals surface area (Å²) in [6.07, 6.45) is -0.610. The van der Waals surface area contributed by atoms with Crippen molar-refractivity contribution in [1.82, 2.24) is 0 Å². The minimum Gasteiger partial charge on any atom is -0.435 e. The van der Waals surface area contributed by atoms with Crippen LogP contribution in [0.15, 0.2) is 30.3 Å². The van der Waals surface area contributed by atoms with E-state index < -0.39 is 14.4 Å². The zero-order valence-electron chi connectivity index (χ0n) is 17.5. The van der Waals surface area contributed by atoms with Gasteiger partial charge in [-0.1, -0.05) is 90.0 Å². The first-order valence-corrected chi connectivity index (χ1v) is 12.8. The van der Waals surface area contributed by atoms with Gasteiger partial charge in [0.25, 0.3) is 0 Å². The van der Waals surface area contributed by atoms with Gasteiger partial charge in [0.1, 0.15) is 0 Å². The van der Waals surface area contributed by atoms with Gasteiger partial charge in [0.05, 0.1) is 20.1 Å². The number of rotatable bonds is 6. The molecule has 3 nitrogen and oxygen atoms in total. The summed E-state index contributed by atoms with van der Waals surface area (Å²) in [6.45, 7) is 15.1. The highest BCUT2D eigenvalue weighted by Gasteiger charge is 2.51. The summed E-state index contributed by atoms with van der Waals surface area (Å²) in [5.74, 6) is -0.299. The van der Waals surface area contributed by atoms with Crippen molar-refractivity contribution in [2.24, 2.45) is 11.3 Å². The molecule has 1 fully saturated rings. The van der Waals surface area contributed by atoms with Gasteiger partial charge in [-0.05, 0) is 18.0 Å². The first kappa shape index (κ1) is 21.2. The maximum Gasteiger partial charge on any atom is 0.314 e. The summed E-state index contributed by atoms with van der Waals surface area (Å²) < 4.78 is 12.1. The third-order valence-corrected chi connectivity index (χ3v) is 12.6. The van der Waals surface area contributed by atoms with E-state index in [0.717, 1.165) is 0 Å². The molecule has 4 atom stereocenters. The van der Waals surface area contributed by atoms with Crippen LogP contribution < -0.4 is 0 Å². The summed E-state index contributed by atoms with van der Waals surface area (Å²) in [7, 11) is -1.71. The lowest BCUT2D eigenvalue weighted by atomic mass is 9.90. The fourth-order valence-electron chi connectivity index (χ4n) is 4.48. The molecule has 0 aliphatic carbocycles. The lowest BCUT2D eigenvalue weighted by Gasteiger charge is -2.47. The molecule has 1 aliphatic heterocycles. The molecule has 1 saturated heterocycles. The molecule has 4 unspecified atom stereocenters. The Morgan fingerprint density at radius 3 is 2.00 bits per heavy atom. The van der Waals surface area contributed by atoms with Crippen LogP contribution >= 0.6 is 0 Å². The second-order valence-electron chi connectivity index (χ2n) is 8.81. The van der Waals surface area contributed by atoms with Crippen molar-refractivity contribution in [2.45, 2.75) is 84.5 Å². The number of benzene rings is 1. The van der Waals surface area contributed by atoms with Crippen molar-refractivity contribution in [3.8, 4) is 0 Å². The summed E-state index contributed by atoms with van der Waals surface area (Å²) in [5.41, 5.74) is 1.29. The summed E-state index contributed by atoms with van der Waals surface area (Å²) in [5, 5.41) is 0. The van der Waals surface area contributed by atoms with Crippen LogP contribution in [-0.4, -0.2) is 26.4 Å². The predicted molar refractivity (Wildman–Crippen MR) is 110 cm³/mol. The van der Waals surface area contributed by atoms with Gasteiger partial charge >= 0.3 is 5.97 Å². The zero-order valence-corrected chi connectivity index (χ0v) is 18.5. The average molecular weight is 377 g/mol. The maximum atomic E-state index is 13.2. The van der Waals surface area contributed by atoms with Gasteiger partial charge in [0, 0.05) is 5.41 Å². The number of ether oxygens (including phenoxy) is 2. The van der Waals surface area contributed by atoms with E-state index in [1.807, 2.05) is 6.07 Å². The minimum absolute atomic E-state index is 0.0789. The summed E-state index contributed by atoms with van der Waals surface area (Å²) in [6, 6.07) is 14.1. The van der Waals surface area contributed by atoms with Gasteiger partial charge in [-0.3, -0.25) is 4.79 Å². The summed E-state index contributed by atoms with van der Waals surface area (Å²) >= 11 is 0. The third kappa shape index (κ3) is 4.06. The quantitative estimate of drug-likeness (QED) is 0.467. The molecule has 1 heterocycles. The van der Waals surface area contributed by atoms with Gasteiger partial charge in [-0.15, -0.1) is 0 Å². The minimum atomic E-state index is -1.71. The SMILES string of the molecule is CC[Si](CC)(CC)C(c1ccccc1)C1C(=O)OC(C(C)(C)C)OC1C. The van der Waals surface area contributed by atoms with E-state index in [0.29, 0.717) is 0 Å². The lowest BCUT2D eigenvalue weighted by Crippen LogP contribution is -2.55. The molecule has 0 N–H and O–H groups in total. The Labute approximate surface area is 160 Å². The van der Waals surface area contributed by atoms with Gasteiger partial charge < -0.3 is 9.47 Å². The number of carbonyl (C=O) groups is 1.